The summed E-state index contributed by atoms with van der Waals surface area (Å²) in [7, 11) is 87.2. The highest BCUT2D eigenvalue weighted by atomic mass is 32.2. The quantitative estimate of drug-likeness (QED) is 0.00989. The first-order chi connectivity index (χ1) is 62.4. The van der Waals surface area contributed by atoms with Crippen molar-refractivity contribution < 1.29 is 142 Å². The number of hydrogen-bond acceptors (Lipinski definition) is 27. The van der Waals surface area contributed by atoms with E-state index in [1.807, 2.05) is 0 Å². The van der Waals surface area contributed by atoms with Crippen LogP contribution in [-0.4, -0.2) is 270 Å². The minimum Gasteiger partial charge on any atom is -0.748 e. The molecular formula is C83H75B18F4O27S3-3. The second kappa shape index (κ2) is 52.2. The molecule has 0 aromatic heterocycles. The van der Waals surface area contributed by atoms with Crippen LogP contribution in [-0.2, 0) is 174 Å². The highest BCUT2D eigenvalue weighted by Crippen LogP contribution is 2.41. The largest absolute Gasteiger partial charge is 0.748 e. The molecule has 27 nitrogen and oxygen atoms in total. The Bertz CT molecular complexity index is 5550. The van der Waals surface area contributed by atoms with Crippen LogP contribution in [0.3, 0.4) is 0 Å². The molecule has 7 aromatic rings. The fraction of sp³-hybridized carbons (Fsp3) is 0.386. The number of carbonyl (C=O) groups excluding carboxylic acids is 9. The van der Waals surface area contributed by atoms with Crippen LogP contribution in [0.25, 0.3) is 0 Å². The van der Waals surface area contributed by atoms with Gasteiger partial charge in [-0.15, -0.1) is 0 Å². The van der Waals surface area contributed by atoms with Gasteiger partial charge in [-0.2, -0.15) is 17.6 Å². The van der Waals surface area contributed by atoms with E-state index in [0.717, 1.165) is 25.1 Å². The third-order valence-corrected chi connectivity index (χ3v) is 22.5. The molecule has 1 aliphatic rings. The summed E-state index contributed by atoms with van der Waals surface area (Å²) >= 11 is 0. The zero-order chi connectivity index (χ0) is 99.8. The van der Waals surface area contributed by atoms with Crippen molar-refractivity contribution in [1.82, 2.24) is 0 Å². The third kappa shape index (κ3) is 30.9. The van der Waals surface area contributed by atoms with Gasteiger partial charge in [0.25, 0.3) is 5.41 Å². The molecule has 1 aliphatic carbocycles. The SMILES string of the molecule is C.C.[B]Cc1cc(C[B])c(OC(=O)C(C)(C(=O)OCCS(=O)(=O)[O-])C(=O)Oc2c([B])cc([B])cc2C[B])c(C[B])c1.[B]Cc1cc(C[B])c(OC(=O)C2CC(C(=O)OCC(F)(F)S(=O)(=O)[O-])CC(C(=O)Oc3c(C[B])cc(C[B])cc3C[B])C2)c(C[B])c1.[B]Cc1cc(C[B])c(OC(=O)c2cc(C(=O)OCC(F)(F)S(=O)(=O)[O-])cc(C(=O)Oc3c(C[B])cc(C[B])cc3C[B])c2)c(C[B])c1. The fourth-order valence-corrected chi connectivity index (χ4v) is 13.8. The van der Waals surface area contributed by atoms with Crippen LogP contribution in [0.2, 0.25) is 0 Å². The van der Waals surface area contributed by atoms with E-state index in [2.05, 4.69) is 9.47 Å². The van der Waals surface area contributed by atoms with Gasteiger partial charge in [-0.3, -0.25) is 19.2 Å². The summed E-state index contributed by atoms with van der Waals surface area (Å²) < 4.78 is 200. The van der Waals surface area contributed by atoms with E-state index in [9.17, 15) is 99.6 Å². The van der Waals surface area contributed by atoms with Gasteiger partial charge < -0.3 is 56.3 Å². The highest BCUT2D eigenvalue weighted by molar-refractivity contribution is 7.87. The average Bonchev–Trinajstić information content (AvgIpc) is 0.769. The lowest BCUT2D eigenvalue weighted by atomic mass is 9.75. The van der Waals surface area contributed by atoms with Crippen molar-refractivity contribution in [3.8, 4) is 34.5 Å². The lowest BCUT2D eigenvalue weighted by molar-refractivity contribution is -0.174. The molecule has 52 heteroatoms. The zero-order valence-corrected chi connectivity index (χ0v) is 73.8. The van der Waals surface area contributed by atoms with Gasteiger partial charge in [-0.05, 0) is 106 Å². The van der Waals surface area contributed by atoms with E-state index in [0.29, 0.717) is 83.5 Å². The number of ether oxygens (including phenoxy) is 9. The molecule has 0 N–H and O–H groups in total. The van der Waals surface area contributed by atoms with Gasteiger partial charge in [0.15, 0.2) is 33.5 Å². The van der Waals surface area contributed by atoms with E-state index in [1.54, 1.807) is 60.7 Å². The van der Waals surface area contributed by atoms with Crippen molar-refractivity contribution in [3.63, 3.8) is 0 Å². The van der Waals surface area contributed by atoms with Gasteiger partial charge in [0.05, 0.1) is 176 Å². The molecule has 1 fully saturated rings. The average molecular weight is 1870 g/mol. The number of esters is 9. The Morgan fingerprint density at radius 2 is 0.578 bits per heavy atom. The van der Waals surface area contributed by atoms with Crippen LogP contribution < -0.4 is 39.3 Å². The van der Waals surface area contributed by atoms with E-state index in [1.165, 1.54) is 12.1 Å². The van der Waals surface area contributed by atoms with Crippen LogP contribution in [0.4, 0.5) is 17.6 Å². The van der Waals surface area contributed by atoms with E-state index < -0.39 is 160 Å². The number of carbonyl (C=O) groups is 9. The smallest absolute Gasteiger partial charge is 0.367 e. The predicted molar refractivity (Wildman–Crippen MR) is 502 cm³/mol. The molecule has 1 saturated carbocycles. The van der Waals surface area contributed by atoms with Crippen molar-refractivity contribution in [3.05, 3.63) is 197 Å². The van der Waals surface area contributed by atoms with Crippen molar-refractivity contribution in [2.75, 3.05) is 25.6 Å². The molecule has 8 rings (SSSR count). The first-order valence-corrected chi connectivity index (χ1v) is 44.1. The van der Waals surface area contributed by atoms with Gasteiger partial charge in [0, 0.05) is 0 Å². The Balaban J connectivity index is 0.000000422. The molecule has 36 radical (unpaired) electrons. The maximum Gasteiger partial charge on any atom is 0.367 e. The second-order valence-electron chi connectivity index (χ2n) is 29.5. The van der Waals surface area contributed by atoms with Crippen molar-refractivity contribution in [2.24, 2.45) is 23.2 Å². The van der Waals surface area contributed by atoms with Crippen LogP contribution >= 0.6 is 0 Å². The molecule has 0 spiro atoms. The molecule has 7 aromatic carbocycles. The number of rotatable bonds is 40. The summed E-state index contributed by atoms with van der Waals surface area (Å²) in [4.78, 5) is 120. The van der Waals surface area contributed by atoms with Gasteiger partial charge in [0.2, 0.25) is 0 Å². The van der Waals surface area contributed by atoms with Crippen LogP contribution in [0, 0.1) is 23.2 Å². The number of benzene rings is 7. The molecule has 0 heterocycles. The monoisotopic (exact) mass is 1870 g/mol. The minimum atomic E-state index is -6.19. The number of halogens is 4. The van der Waals surface area contributed by atoms with Crippen molar-refractivity contribution in [2.45, 2.75) is 153 Å². The van der Waals surface area contributed by atoms with Gasteiger partial charge >= 0.3 is 64.2 Å². The van der Waals surface area contributed by atoms with Gasteiger partial charge in [0.1, 0.15) is 56.8 Å². The molecule has 0 bridgehead atoms. The summed E-state index contributed by atoms with van der Waals surface area (Å²) in [6, 6.07) is 21.2. The summed E-state index contributed by atoms with van der Waals surface area (Å²) in [6.07, 6.45) is -1.19. The predicted octanol–water partition coefficient (Wildman–Crippen LogP) is 1.18. The Labute approximate surface area is 806 Å². The third-order valence-electron chi connectivity index (χ3n) is 20.1. The van der Waals surface area contributed by atoms with Gasteiger partial charge in [-0.1, -0.05) is 228 Å². The number of alkyl halides is 4. The molecule has 3 atom stereocenters. The fourth-order valence-electron chi connectivity index (χ4n) is 13.1. The van der Waals surface area contributed by atoms with Crippen LogP contribution in [0.1, 0.15) is 161 Å². The Morgan fingerprint density at radius 1 is 0.326 bits per heavy atom. The van der Waals surface area contributed by atoms with Crippen LogP contribution in [0.5, 0.6) is 34.5 Å². The summed E-state index contributed by atoms with van der Waals surface area (Å²) in [5, 5.41) is -9.88. The van der Waals surface area contributed by atoms with Crippen molar-refractivity contribution >= 4 is 236 Å². The lowest BCUT2D eigenvalue weighted by Crippen LogP contribution is -2.50. The first kappa shape index (κ1) is 118. The Hall–Kier alpha value is -9.61. The molecule has 0 aliphatic heterocycles. The molecule has 135 heavy (non-hydrogen) atoms. The van der Waals surface area contributed by atoms with E-state index in [4.69, 9.17) is 174 Å². The molecule has 3 unspecified atom stereocenters. The lowest BCUT2D eigenvalue weighted by Gasteiger charge is -2.32. The highest BCUT2D eigenvalue weighted by Gasteiger charge is 2.55. The van der Waals surface area contributed by atoms with Crippen molar-refractivity contribution in [1.29, 1.82) is 0 Å². The summed E-state index contributed by atoms with van der Waals surface area (Å²) in [5.74, 6) is -16.8. The molecule has 0 amide bonds. The van der Waals surface area contributed by atoms with Crippen LogP contribution in [0.15, 0.2) is 91.0 Å². The second-order valence-corrected chi connectivity index (χ2v) is 34.0. The first-order valence-electron chi connectivity index (χ1n) is 39.7. The van der Waals surface area contributed by atoms with E-state index >= 15 is 0 Å². The summed E-state index contributed by atoms with van der Waals surface area (Å²) in [6.45, 7) is -4.32. The Morgan fingerprint density at radius 3 is 0.852 bits per heavy atom. The molecule has 0 saturated heterocycles. The maximum atomic E-state index is 13.8. The molecular weight excluding hydrogens is 1800 g/mol. The zero-order valence-electron chi connectivity index (χ0n) is 71.3. The Kier molecular flexibility index (Phi) is 45.5. The minimum absolute atomic E-state index is 0. The standard InChI is InChI=1S/C29H28B6F2O9S.C29H22B6F2O9S.C23H20B6O9S.2CH4/c2*30-8-15-1-20(10-32)24(21(2-15)11-33)45-27(39)18-5-17(26(38)44-14-29(36,37)47(41,42)43)6-19(7-18)28(40)46-25-22(12-34)3-16(9-31)4-23(25)13-35;1-23(20(30)36-2-3-39(33,34)35,22(32)38-19-15(11-27)6-16(28)7-17(19)29)21(31)37-18-13(9-25)4-12(8-24)5-14(18)10-26;;/h1-4,17-19H,5-14H2,(H,41,42,43);1-7H,8-14H2,(H,41,42,43);4-7H,2-3,8-11H2,1H3,(H,33,34,35);2*1H4/p-3. The normalized spacial score (nSPS) is 14.1. The summed E-state index contributed by atoms with van der Waals surface area (Å²) in [5.41, 5.74) is 2.69. The number of hydrogen-bond donors (Lipinski definition) is 0. The molecule has 672 valence electrons. The van der Waals surface area contributed by atoms with Gasteiger partial charge in [-0.25, -0.2) is 49.2 Å². The topological polar surface area (TPSA) is 408 Å². The van der Waals surface area contributed by atoms with E-state index in [-0.39, 0.29) is 186 Å². The maximum absolute atomic E-state index is 13.8.